The van der Waals surface area contributed by atoms with E-state index in [0.717, 1.165) is 31.6 Å². The van der Waals surface area contributed by atoms with Crippen molar-refractivity contribution in [1.82, 2.24) is 14.6 Å². The molecule has 0 aliphatic heterocycles. The highest BCUT2D eigenvalue weighted by Gasteiger charge is 2.09. The van der Waals surface area contributed by atoms with Gasteiger partial charge in [-0.25, -0.2) is 13.9 Å². The summed E-state index contributed by atoms with van der Waals surface area (Å²) >= 11 is 6.66. The maximum absolute atomic E-state index is 12.9. The molecule has 0 N–H and O–H groups in total. The molecular formula is C12H9BrFN3S2. The molecule has 3 aromatic rings. The number of benzene rings is 1. The van der Waals surface area contributed by atoms with Crippen LogP contribution >= 0.6 is 39.0 Å². The quantitative estimate of drug-likeness (QED) is 0.520. The fraction of sp³-hybridized carbons (Fsp3) is 0.167. The molecule has 0 radical (unpaired) electrons. The monoisotopic (exact) mass is 357 g/mol. The zero-order valence-corrected chi connectivity index (χ0v) is 12.9. The molecule has 19 heavy (non-hydrogen) atoms. The smallest absolute Gasteiger partial charge is 0.213 e. The Morgan fingerprint density at radius 2 is 2.11 bits per heavy atom. The van der Waals surface area contributed by atoms with Crippen molar-refractivity contribution in [3.8, 4) is 11.3 Å². The highest BCUT2D eigenvalue weighted by molar-refractivity contribution is 9.09. The lowest BCUT2D eigenvalue weighted by Crippen LogP contribution is -1.83. The molecule has 0 aliphatic carbocycles. The Kier molecular flexibility index (Phi) is 3.86. The molecule has 98 valence electrons. The Morgan fingerprint density at radius 1 is 1.32 bits per heavy atom. The van der Waals surface area contributed by atoms with E-state index < -0.39 is 0 Å². The molecule has 0 aliphatic rings. The van der Waals surface area contributed by atoms with Crippen molar-refractivity contribution in [1.29, 1.82) is 0 Å². The molecule has 0 fully saturated rings. The van der Waals surface area contributed by atoms with E-state index in [1.54, 1.807) is 39.7 Å². The van der Waals surface area contributed by atoms with Crippen LogP contribution in [0.5, 0.6) is 0 Å². The molecule has 2 aromatic heterocycles. The van der Waals surface area contributed by atoms with Gasteiger partial charge in [0.15, 0.2) is 4.34 Å². The first-order chi connectivity index (χ1) is 9.26. The highest BCUT2D eigenvalue weighted by Crippen LogP contribution is 2.27. The molecule has 0 unspecified atom stereocenters. The number of hydrogen-bond donors (Lipinski definition) is 0. The molecule has 0 bridgehead atoms. The predicted molar refractivity (Wildman–Crippen MR) is 80.8 cm³/mol. The van der Waals surface area contributed by atoms with Gasteiger partial charge in [-0.2, -0.15) is 0 Å². The number of halogens is 2. The van der Waals surface area contributed by atoms with Crippen LogP contribution in [-0.2, 0) is 0 Å². The summed E-state index contributed by atoms with van der Waals surface area (Å²) in [7, 11) is 0. The average molecular weight is 358 g/mol. The summed E-state index contributed by atoms with van der Waals surface area (Å²) in [5.74, 6) is 0.748. The van der Waals surface area contributed by atoms with Gasteiger partial charge in [-0.3, -0.25) is 0 Å². The second kappa shape index (κ2) is 5.60. The number of nitrogens with zero attached hydrogens (tertiary/aromatic N) is 3. The number of imidazole rings is 1. The van der Waals surface area contributed by atoms with Crippen molar-refractivity contribution in [3.63, 3.8) is 0 Å². The summed E-state index contributed by atoms with van der Waals surface area (Å²) < 4.78 is 15.7. The van der Waals surface area contributed by atoms with Gasteiger partial charge in [-0.1, -0.05) is 39.0 Å². The van der Waals surface area contributed by atoms with Gasteiger partial charge in [0.05, 0.1) is 11.9 Å². The van der Waals surface area contributed by atoms with E-state index in [4.69, 9.17) is 0 Å². The van der Waals surface area contributed by atoms with Crippen molar-refractivity contribution < 1.29 is 4.39 Å². The summed E-state index contributed by atoms with van der Waals surface area (Å²) in [6.45, 7) is 0. The topological polar surface area (TPSA) is 30.2 Å². The Labute approximate surface area is 126 Å². The standard InChI is InChI=1S/C12H9BrFN3S2/c13-5-6-18-12-16-17-7-10(15-11(17)19-12)8-1-3-9(14)4-2-8/h1-4,7H,5-6H2. The molecule has 3 rings (SSSR count). The van der Waals surface area contributed by atoms with E-state index in [9.17, 15) is 4.39 Å². The molecule has 0 atom stereocenters. The van der Waals surface area contributed by atoms with Crippen LogP contribution in [0.1, 0.15) is 0 Å². The van der Waals surface area contributed by atoms with Gasteiger partial charge in [-0.15, -0.1) is 5.10 Å². The largest absolute Gasteiger partial charge is 0.217 e. The first-order valence-corrected chi connectivity index (χ1v) is 8.49. The van der Waals surface area contributed by atoms with E-state index in [2.05, 4.69) is 26.0 Å². The third kappa shape index (κ3) is 2.82. The minimum absolute atomic E-state index is 0.239. The fourth-order valence-corrected chi connectivity index (χ4v) is 3.83. The summed E-state index contributed by atoms with van der Waals surface area (Å²) in [5, 5.41) is 5.40. The molecule has 0 amide bonds. The molecule has 0 saturated carbocycles. The lowest BCUT2D eigenvalue weighted by Gasteiger charge is -1.94. The molecule has 0 saturated heterocycles. The van der Waals surface area contributed by atoms with Crippen molar-refractivity contribution in [2.75, 3.05) is 11.1 Å². The van der Waals surface area contributed by atoms with Gasteiger partial charge in [-0.05, 0) is 24.3 Å². The van der Waals surface area contributed by atoms with Crippen LogP contribution in [0.15, 0.2) is 34.8 Å². The van der Waals surface area contributed by atoms with Crippen LogP contribution in [0.3, 0.4) is 0 Å². The molecule has 1 aromatic carbocycles. The lowest BCUT2D eigenvalue weighted by atomic mass is 10.2. The number of rotatable bonds is 4. The number of aromatic nitrogens is 3. The van der Waals surface area contributed by atoms with Crippen LogP contribution in [0.25, 0.3) is 16.2 Å². The van der Waals surface area contributed by atoms with E-state index in [1.807, 2.05) is 6.20 Å². The normalized spacial score (nSPS) is 11.3. The Morgan fingerprint density at radius 3 is 2.79 bits per heavy atom. The van der Waals surface area contributed by atoms with Gasteiger partial charge in [0.2, 0.25) is 4.96 Å². The summed E-state index contributed by atoms with van der Waals surface area (Å²) in [6, 6.07) is 6.32. The number of fused-ring (bicyclic) bond motifs is 1. The van der Waals surface area contributed by atoms with E-state index in [0.29, 0.717) is 0 Å². The third-order valence-electron chi connectivity index (χ3n) is 2.47. The lowest BCUT2D eigenvalue weighted by molar-refractivity contribution is 0.628. The van der Waals surface area contributed by atoms with Crippen molar-refractivity contribution >= 4 is 44.0 Å². The van der Waals surface area contributed by atoms with Crippen LogP contribution in [0.2, 0.25) is 0 Å². The van der Waals surface area contributed by atoms with Crippen molar-refractivity contribution in [2.24, 2.45) is 0 Å². The Bertz CT molecular complexity index is 661. The number of alkyl halides is 1. The Hall–Kier alpha value is -0.920. The van der Waals surface area contributed by atoms with Crippen molar-refractivity contribution in [2.45, 2.75) is 4.34 Å². The first-order valence-electron chi connectivity index (χ1n) is 5.57. The molecular weight excluding hydrogens is 349 g/mol. The number of thioether (sulfide) groups is 1. The van der Waals surface area contributed by atoms with Crippen LogP contribution in [0.4, 0.5) is 4.39 Å². The van der Waals surface area contributed by atoms with E-state index >= 15 is 0 Å². The van der Waals surface area contributed by atoms with Gasteiger partial charge < -0.3 is 0 Å². The predicted octanol–water partition coefficient (Wildman–Crippen LogP) is 4.08. The maximum Gasteiger partial charge on any atom is 0.213 e. The van der Waals surface area contributed by atoms with Gasteiger partial charge >= 0.3 is 0 Å². The second-order valence-corrected chi connectivity index (χ2v) is 6.86. The van der Waals surface area contributed by atoms with Gasteiger partial charge in [0, 0.05) is 16.6 Å². The molecule has 3 nitrogen and oxygen atoms in total. The number of hydrogen-bond acceptors (Lipinski definition) is 4. The zero-order chi connectivity index (χ0) is 13.2. The van der Waals surface area contributed by atoms with Crippen LogP contribution in [-0.4, -0.2) is 25.7 Å². The summed E-state index contributed by atoms with van der Waals surface area (Å²) in [6.07, 6.45) is 1.87. The van der Waals surface area contributed by atoms with E-state index in [1.165, 1.54) is 12.1 Å². The highest BCUT2D eigenvalue weighted by atomic mass is 79.9. The van der Waals surface area contributed by atoms with Crippen molar-refractivity contribution in [3.05, 3.63) is 36.3 Å². The first kappa shape index (κ1) is 13.1. The second-order valence-electron chi connectivity index (χ2n) is 3.77. The zero-order valence-electron chi connectivity index (χ0n) is 9.72. The summed E-state index contributed by atoms with van der Waals surface area (Å²) in [5.41, 5.74) is 1.71. The third-order valence-corrected chi connectivity index (χ3v) is 5.45. The van der Waals surface area contributed by atoms with Gasteiger partial charge in [0.1, 0.15) is 5.82 Å². The molecule has 2 heterocycles. The van der Waals surface area contributed by atoms with E-state index in [-0.39, 0.29) is 5.82 Å². The Balaban J connectivity index is 1.90. The average Bonchev–Trinajstić information content (AvgIpc) is 2.95. The van der Waals surface area contributed by atoms with Gasteiger partial charge in [0.25, 0.3) is 0 Å². The summed E-state index contributed by atoms with van der Waals surface area (Å²) in [4.78, 5) is 5.37. The fourth-order valence-electron chi connectivity index (χ4n) is 1.63. The van der Waals surface area contributed by atoms with Crippen LogP contribution in [0, 0.1) is 5.82 Å². The maximum atomic E-state index is 12.9. The molecule has 7 heteroatoms. The SMILES string of the molecule is Fc1ccc(-c2cn3nc(SCCBr)sc3n2)cc1. The van der Waals surface area contributed by atoms with Crippen LogP contribution < -0.4 is 0 Å². The minimum Gasteiger partial charge on any atom is -0.217 e. The minimum atomic E-state index is -0.239. The molecule has 0 spiro atoms.